The molecule has 1 N–H and O–H groups in total. The number of anilines is 1. The molecule has 0 amide bonds. The zero-order chi connectivity index (χ0) is 15.6. The second-order valence-electron chi connectivity index (χ2n) is 5.90. The van der Waals surface area contributed by atoms with Crippen molar-refractivity contribution >= 4 is 11.3 Å². The zero-order valence-electron chi connectivity index (χ0n) is 13.4. The van der Waals surface area contributed by atoms with Crippen molar-refractivity contribution in [1.29, 1.82) is 0 Å². The van der Waals surface area contributed by atoms with E-state index in [0.29, 0.717) is 0 Å². The Morgan fingerprint density at radius 3 is 2.65 bits per heavy atom. The van der Waals surface area contributed by atoms with E-state index in [2.05, 4.69) is 52.5 Å². The van der Waals surface area contributed by atoms with E-state index in [-0.39, 0.29) is 0 Å². The molecule has 0 radical (unpaired) electrons. The van der Waals surface area contributed by atoms with Crippen LogP contribution >= 0.6 is 0 Å². The van der Waals surface area contributed by atoms with Crippen molar-refractivity contribution in [2.24, 2.45) is 0 Å². The van der Waals surface area contributed by atoms with Gasteiger partial charge in [-0.1, -0.05) is 31.2 Å². The highest BCUT2D eigenvalue weighted by Gasteiger charge is 2.16. The highest BCUT2D eigenvalue weighted by atomic mass is 15.3. The van der Waals surface area contributed by atoms with Crippen molar-refractivity contribution in [3.8, 4) is 11.3 Å². The van der Waals surface area contributed by atoms with Gasteiger partial charge < -0.3 is 10.2 Å². The number of benzene rings is 1. The van der Waals surface area contributed by atoms with E-state index in [4.69, 9.17) is 5.10 Å². The molecule has 0 spiro atoms. The molecule has 3 heterocycles. The largest absolute Gasteiger partial charge is 0.352 e. The first-order valence-electron chi connectivity index (χ1n) is 8.24. The predicted molar refractivity (Wildman–Crippen MR) is 92.9 cm³/mol. The van der Waals surface area contributed by atoms with Crippen LogP contribution in [0.1, 0.15) is 12.5 Å². The summed E-state index contributed by atoms with van der Waals surface area (Å²) >= 11 is 0. The molecule has 4 rings (SSSR count). The molecule has 1 aliphatic rings. The first-order chi connectivity index (χ1) is 11.3. The van der Waals surface area contributed by atoms with E-state index in [1.807, 2.05) is 16.9 Å². The average molecular weight is 307 g/mol. The molecule has 5 heteroatoms. The fourth-order valence-electron chi connectivity index (χ4n) is 3.08. The summed E-state index contributed by atoms with van der Waals surface area (Å²) in [6.07, 6.45) is 4.81. The third-order valence-corrected chi connectivity index (χ3v) is 4.44. The van der Waals surface area contributed by atoms with Crippen LogP contribution in [0.15, 0.2) is 42.7 Å². The molecule has 1 fully saturated rings. The number of aromatic nitrogens is 3. The van der Waals surface area contributed by atoms with Crippen molar-refractivity contribution in [2.45, 2.75) is 13.3 Å². The molecule has 1 saturated heterocycles. The molecule has 23 heavy (non-hydrogen) atoms. The standard InChI is InChI=1S/C18H21N5/c1-2-14-3-5-15(6-4-14)16-13-17-18(20-9-12-23(17)21-16)22-10-7-19-8-11-22/h3-6,9,12-13,19H,2,7-8,10-11H2,1H3. The topological polar surface area (TPSA) is 45.5 Å². The second-order valence-corrected chi connectivity index (χ2v) is 5.90. The van der Waals surface area contributed by atoms with Gasteiger partial charge in [-0.15, -0.1) is 0 Å². The minimum absolute atomic E-state index is 0.985. The van der Waals surface area contributed by atoms with Gasteiger partial charge in [0.1, 0.15) is 5.52 Å². The van der Waals surface area contributed by atoms with Crippen LogP contribution in [-0.2, 0) is 6.42 Å². The summed E-state index contributed by atoms with van der Waals surface area (Å²) in [6.45, 7) is 6.15. The van der Waals surface area contributed by atoms with Crippen molar-refractivity contribution in [1.82, 2.24) is 19.9 Å². The van der Waals surface area contributed by atoms with Crippen molar-refractivity contribution in [3.05, 3.63) is 48.3 Å². The van der Waals surface area contributed by atoms with Gasteiger partial charge in [-0.2, -0.15) is 5.10 Å². The minimum atomic E-state index is 0.985. The van der Waals surface area contributed by atoms with Gasteiger partial charge in [0.2, 0.25) is 0 Å². The fraction of sp³-hybridized carbons (Fsp3) is 0.333. The highest BCUT2D eigenvalue weighted by Crippen LogP contribution is 2.25. The molecule has 0 bridgehead atoms. The maximum atomic E-state index is 4.73. The lowest BCUT2D eigenvalue weighted by Crippen LogP contribution is -2.44. The average Bonchev–Trinajstić information content (AvgIpc) is 3.06. The molecular formula is C18H21N5. The SMILES string of the molecule is CCc1ccc(-c2cc3c(N4CCNCC4)nccn3n2)cc1. The van der Waals surface area contributed by atoms with Crippen molar-refractivity contribution < 1.29 is 0 Å². The van der Waals surface area contributed by atoms with Gasteiger partial charge in [0.05, 0.1) is 5.69 Å². The number of nitrogens with zero attached hydrogens (tertiary/aromatic N) is 4. The van der Waals surface area contributed by atoms with Crippen LogP contribution in [0.5, 0.6) is 0 Å². The molecule has 118 valence electrons. The number of hydrogen-bond donors (Lipinski definition) is 1. The monoisotopic (exact) mass is 307 g/mol. The fourth-order valence-corrected chi connectivity index (χ4v) is 3.08. The summed E-state index contributed by atoms with van der Waals surface area (Å²) in [4.78, 5) is 6.93. The Morgan fingerprint density at radius 2 is 1.91 bits per heavy atom. The van der Waals surface area contributed by atoms with E-state index in [1.54, 1.807) is 0 Å². The van der Waals surface area contributed by atoms with E-state index in [1.165, 1.54) is 5.56 Å². The molecule has 0 atom stereocenters. The van der Waals surface area contributed by atoms with E-state index < -0.39 is 0 Å². The van der Waals surface area contributed by atoms with Gasteiger partial charge in [-0.3, -0.25) is 0 Å². The van der Waals surface area contributed by atoms with Gasteiger partial charge in [0.25, 0.3) is 0 Å². The molecule has 0 unspecified atom stereocenters. The lowest BCUT2D eigenvalue weighted by molar-refractivity contribution is 0.585. The minimum Gasteiger partial charge on any atom is -0.352 e. The Kier molecular flexibility index (Phi) is 3.71. The lowest BCUT2D eigenvalue weighted by atomic mass is 10.1. The van der Waals surface area contributed by atoms with Crippen LogP contribution in [0.3, 0.4) is 0 Å². The Balaban J connectivity index is 1.74. The molecule has 3 aromatic rings. The van der Waals surface area contributed by atoms with Gasteiger partial charge in [0, 0.05) is 44.1 Å². The first kappa shape index (κ1) is 14.2. The van der Waals surface area contributed by atoms with Gasteiger partial charge >= 0.3 is 0 Å². The quantitative estimate of drug-likeness (QED) is 0.807. The van der Waals surface area contributed by atoms with Crippen LogP contribution in [0.4, 0.5) is 5.82 Å². The molecular weight excluding hydrogens is 286 g/mol. The van der Waals surface area contributed by atoms with Crippen LogP contribution in [0.25, 0.3) is 16.8 Å². The molecule has 2 aromatic heterocycles. The third-order valence-electron chi connectivity index (χ3n) is 4.44. The second kappa shape index (κ2) is 6.01. The summed E-state index contributed by atoms with van der Waals surface area (Å²) < 4.78 is 1.94. The van der Waals surface area contributed by atoms with E-state index in [9.17, 15) is 0 Å². The number of aryl methyl sites for hydroxylation is 1. The smallest absolute Gasteiger partial charge is 0.154 e. The van der Waals surface area contributed by atoms with Crippen LogP contribution < -0.4 is 10.2 Å². The molecule has 1 aliphatic heterocycles. The maximum absolute atomic E-state index is 4.73. The van der Waals surface area contributed by atoms with Gasteiger partial charge in [-0.25, -0.2) is 9.50 Å². The van der Waals surface area contributed by atoms with E-state index in [0.717, 1.165) is 55.2 Å². The van der Waals surface area contributed by atoms with Crippen molar-refractivity contribution in [2.75, 3.05) is 31.1 Å². The highest BCUT2D eigenvalue weighted by molar-refractivity contribution is 5.75. The number of fused-ring (bicyclic) bond motifs is 1. The molecule has 1 aromatic carbocycles. The number of piperazine rings is 1. The van der Waals surface area contributed by atoms with Gasteiger partial charge in [0.15, 0.2) is 5.82 Å². The van der Waals surface area contributed by atoms with Crippen LogP contribution in [0, 0.1) is 0 Å². The Labute approximate surface area is 136 Å². The molecule has 5 nitrogen and oxygen atoms in total. The predicted octanol–water partition coefficient (Wildman–Crippen LogP) is 2.37. The first-order valence-corrected chi connectivity index (χ1v) is 8.24. The Bertz CT molecular complexity index is 800. The summed E-state index contributed by atoms with van der Waals surface area (Å²) in [6, 6.07) is 10.8. The normalized spacial score (nSPS) is 15.3. The zero-order valence-corrected chi connectivity index (χ0v) is 13.4. The summed E-state index contributed by atoms with van der Waals surface area (Å²) in [5, 5.41) is 8.11. The molecule has 0 saturated carbocycles. The lowest BCUT2D eigenvalue weighted by Gasteiger charge is -2.28. The van der Waals surface area contributed by atoms with E-state index >= 15 is 0 Å². The van der Waals surface area contributed by atoms with Crippen molar-refractivity contribution in [3.63, 3.8) is 0 Å². The van der Waals surface area contributed by atoms with Gasteiger partial charge in [-0.05, 0) is 18.1 Å². The Morgan fingerprint density at radius 1 is 1.13 bits per heavy atom. The number of hydrogen-bond acceptors (Lipinski definition) is 4. The Hall–Kier alpha value is -2.40. The number of rotatable bonds is 3. The summed E-state index contributed by atoms with van der Waals surface area (Å²) in [7, 11) is 0. The third kappa shape index (κ3) is 2.68. The summed E-state index contributed by atoms with van der Waals surface area (Å²) in [5.74, 6) is 1.03. The van der Waals surface area contributed by atoms with Crippen LogP contribution in [-0.4, -0.2) is 40.8 Å². The van der Waals surface area contributed by atoms with Crippen LogP contribution in [0.2, 0.25) is 0 Å². The number of nitrogens with one attached hydrogen (secondary N) is 1. The maximum Gasteiger partial charge on any atom is 0.154 e. The molecule has 0 aliphatic carbocycles. The summed E-state index contributed by atoms with van der Waals surface area (Å²) in [5.41, 5.74) is 4.57.